The van der Waals surface area contributed by atoms with Crippen molar-refractivity contribution in [3.63, 3.8) is 0 Å². The zero-order chi connectivity index (χ0) is 28.5. The molecular weight excluding hydrogens is 537 g/mol. The molecule has 0 amide bonds. The Balaban J connectivity index is 1.62. The van der Waals surface area contributed by atoms with Gasteiger partial charge in [-0.2, -0.15) is 5.26 Å². The first-order chi connectivity index (χ1) is 18.5. The zero-order valence-corrected chi connectivity index (χ0v) is 24.1. The summed E-state index contributed by atoms with van der Waals surface area (Å²) in [7, 11) is 5.61. The molecule has 0 radical (unpaired) electrons. The number of hydrogen-bond donors (Lipinski definition) is 2. The third-order valence-electron chi connectivity index (χ3n) is 6.62. The van der Waals surface area contributed by atoms with Gasteiger partial charge in [0.25, 0.3) is 0 Å². The molecule has 9 nitrogen and oxygen atoms in total. The van der Waals surface area contributed by atoms with E-state index in [0.717, 1.165) is 19.6 Å². The van der Waals surface area contributed by atoms with Crippen molar-refractivity contribution in [2.45, 2.75) is 20.0 Å². The normalized spacial score (nSPS) is 14.9. The summed E-state index contributed by atoms with van der Waals surface area (Å²) in [6.45, 7) is 6.59. The Morgan fingerprint density at radius 2 is 1.87 bits per heavy atom. The van der Waals surface area contributed by atoms with Gasteiger partial charge in [0.05, 0.1) is 28.4 Å². The van der Waals surface area contributed by atoms with Crippen LogP contribution in [0, 0.1) is 22.2 Å². The molecule has 204 valence electrons. The second kappa shape index (κ2) is 11.3. The van der Waals surface area contributed by atoms with E-state index in [-0.39, 0.29) is 11.1 Å². The van der Waals surface area contributed by atoms with Crippen LogP contribution in [0.2, 0.25) is 10.0 Å². The van der Waals surface area contributed by atoms with E-state index in [1.807, 2.05) is 0 Å². The van der Waals surface area contributed by atoms with E-state index in [4.69, 9.17) is 43.8 Å². The van der Waals surface area contributed by atoms with E-state index in [2.05, 4.69) is 46.9 Å². The van der Waals surface area contributed by atoms with E-state index in [1.54, 1.807) is 31.3 Å². The van der Waals surface area contributed by atoms with Crippen molar-refractivity contribution in [1.82, 2.24) is 14.9 Å². The van der Waals surface area contributed by atoms with Gasteiger partial charge in [0, 0.05) is 72.1 Å². The third kappa shape index (κ3) is 5.88. The number of ether oxygens (including phenoxy) is 2. The smallest absolute Gasteiger partial charge is 0.162 e. The number of halogens is 2. The lowest BCUT2D eigenvalue weighted by molar-refractivity contribution is 0.170. The van der Waals surface area contributed by atoms with Crippen LogP contribution < -0.4 is 20.1 Å². The Kier molecular flexibility index (Phi) is 8.21. The third-order valence-corrected chi connectivity index (χ3v) is 7.23. The van der Waals surface area contributed by atoms with Crippen molar-refractivity contribution in [3.8, 4) is 17.6 Å². The Hall–Kier alpha value is -3.58. The number of nitriles is 1. The SMILES string of the molecule is COc1cc(N)c(C(=N)c2cnc(N3CC(C)(CN(C)C)C3)c(C#N)c2)cc1O[C@H](C)c1c(Cl)cncc1Cl. The van der Waals surface area contributed by atoms with Gasteiger partial charge < -0.3 is 25.0 Å². The lowest BCUT2D eigenvalue weighted by Gasteiger charge is -2.50. The molecule has 3 heterocycles. The van der Waals surface area contributed by atoms with Crippen molar-refractivity contribution in [1.29, 1.82) is 10.7 Å². The van der Waals surface area contributed by atoms with Crippen LogP contribution in [0.5, 0.6) is 11.5 Å². The summed E-state index contributed by atoms with van der Waals surface area (Å²) in [6, 6.07) is 7.15. The van der Waals surface area contributed by atoms with Crippen LogP contribution >= 0.6 is 23.2 Å². The maximum Gasteiger partial charge on any atom is 0.162 e. The first-order valence-electron chi connectivity index (χ1n) is 12.3. The van der Waals surface area contributed by atoms with Gasteiger partial charge in [-0.15, -0.1) is 0 Å². The van der Waals surface area contributed by atoms with Crippen molar-refractivity contribution in [2.75, 3.05) is 51.5 Å². The van der Waals surface area contributed by atoms with E-state index < -0.39 is 6.10 Å². The average molecular weight is 569 g/mol. The Morgan fingerprint density at radius 3 is 2.46 bits per heavy atom. The van der Waals surface area contributed by atoms with Crippen molar-refractivity contribution in [2.24, 2.45) is 5.41 Å². The number of benzene rings is 1. The fourth-order valence-electron chi connectivity index (χ4n) is 5.08. The molecule has 39 heavy (non-hydrogen) atoms. The zero-order valence-electron chi connectivity index (χ0n) is 22.5. The summed E-state index contributed by atoms with van der Waals surface area (Å²) in [5.41, 5.74) is 8.73. The fourth-order valence-corrected chi connectivity index (χ4v) is 5.75. The highest BCUT2D eigenvalue weighted by molar-refractivity contribution is 6.35. The standard InChI is InChI=1S/C28H31Cl2N7O2/c1-16(25-20(29)11-34-12-21(25)30)39-24-7-19(22(32)8-23(24)38-5)26(33)18-6-17(9-31)27(35-10-18)37-14-28(2,15-37)13-36(3)4/h6-8,10-12,16,33H,13-15,32H2,1-5H3/t16-/m1/s1. The molecule has 0 spiro atoms. The highest BCUT2D eigenvalue weighted by Crippen LogP contribution is 2.39. The number of aromatic nitrogens is 2. The molecule has 1 aliphatic heterocycles. The fraction of sp³-hybridized carbons (Fsp3) is 0.357. The molecule has 0 unspecified atom stereocenters. The largest absolute Gasteiger partial charge is 0.493 e. The van der Waals surface area contributed by atoms with Crippen LogP contribution in [-0.2, 0) is 0 Å². The topological polar surface area (TPSA) is 124 Å². The van der Waals surface area contributed by atoms with Gasteiger partial charge in [0.1, 0.15) is 18.0 Å². The Morgan fingerprint density at radius 1 is 1.21 bits per heavy atom. The molecular formula is C28H31Cl2N7O2. The number of nitrogens with zero attached hydrogens (tertiary/aromatic N) is 5. The van der Waals surface area contributed by atoms with Crippen LogP contribution in [0.25, 0.3) is 0 Å². The Labute approximate surface area is 238 Å². The predicted molar refractivity (Wildman–Crippen MR) is 154 cm³/mol. The molecule has 0 saturated carbocycles. The predicted octanol–water partition coefficient (Wildman–Crippen LogP) is 5.19. The summed E-state index contributed by atoms with van der Waals surface area (Å²) in [4.78, 5) is 12.8. The molecule has 3 N–H and O–H groups in total. The highest BCUT2D eigenvalue weighted by Gasteiger charge is 2.40. The lowest BCUT2D eigenvalue weighted by Crippen LogP contribution is -2.59. The summed E-state index contributed by atoms with van der Waals surface area (Å²) in [5, 5.41) is 19.5. The summed E-state index contributed by atoms with van der Waals surface area (Å²) >= 11 is 12.6. The number of anilines is 2. The average Bonchev–Trinajstić information content (AvgIpc) is 2.86. The molecule has 1 aliphatic rings. The minimum atomic E-state index is -0.548. The second-order valence-corrected chi connectivity index (χ2v) is 11.2. The second-order valence-electron chi connectivity index (χ2n) is 10.4. The van der Waals surface area contributed by atoms with Crippen molar-refractivity contribution >= 4 is 40.4 Å². The molecule has 1 saturated heterocycles. The van der Waals surface area contributed by atoms with Crippen LogP contribution in [0.3, 0.4) is 0 Å². The van der Waals surface area contributed by atoms with Crippen LogP contribution in [-0.4, -0.2) is 61.4 Å². The maximum absolute atomic E-state index is 9.88. The van der Waals surface area contributed by atoms with E-state index in [1.165, 1.54) is 19.5 Å². The number of pyridine rings is 2. The van der Waals surface area contributed by atoms with Gasteiger partial charge >= 0.3 is 0 Å². The number of hydrogen-bond acceptors (Lipinski definition) is 9. The summed E-state index contributed by atoms with van der Waals surface area (Å²) in [6.07, 6.45) is 4.05. The van der Waals surface area contributed by atoms with E-state index in [9.17, 15) is 5.26 Å². The van der Waals surface area contributed by atoms with Crippen LogP contribution in [0.15, 0.2) is 36.8 Å². The van der Waals surface area contributed by atoms with Gasteiger partial charge in [-0.1, -0.05) is 30.1 Å². The molecule has 1 aromatic carbocycles. The quantitative estimate of drug-likeness (QED) is 0.267. The van der Waals surface area contributed by atoms with Crippen molar-refractivity contribution in [3.05, 3.63) is 69.1 Å². The molecule has 1 atom stereocenters. The molecule has 3 aromatic rings. The highest BCUT2D eigenvalue weighted by atomic mass is 35.5. The minimum absolute atomic E-state index is 0.101. The molecule has 2 aromatic heterocycles. The summed E-state index contributed by atoms with van der Waals surface area (Å²) < 4.78 is 11.7. The van der Waals surface area contributed by atoms with Crippen LogP contribution in [0.1, 0.15) is 42.2 Å². The van der Waals surface area contributed by atoms with Gasteiger partial charge in [-0.3, -0.25) is 10.4 Å². The van der Waals surface area contributed by atoms with E-state index in [0.29, 0.717) is 55.3 Å². The number of nitrogens with one attached hydrogen (secondary N) is 1. The minimum Gasteiger partial charge on any atom is -0.493 e. The lowest BCUT2D eigenvalue weighted by atomic mass is 9.81. The maximum atomic E-state index is 9.88. The molecule has 1 fully saturated rings. The van der Waals surface area contributed by atoms with Crippen molar-refractivity contribution < 1.29 is 9.47 Å². The first kappa shape index (κ1) is 28.4. The van der Waals surface area contributed by atoms with Gasteiger partial charge in [-0.25, -0.2) is 4.98 Å². The van der Waals surface area contributed by atoms with Gasteiger partial charge in [0.15, 0.2) is 11.5 Å². The molecule has 0 aliphatic carbocycles. The first-order valence-corrected chi connectivity index (χ1v) is 13.0. The number of nitrogen functional groups attached to an aromatic ring is 1. The molecule has 4 rings (SSSR count). The van der Waals surface area contributed by atoms with Gasteiger partial charge in [0.2, 0.25) is 0 Å². The molecule has 0 bridgehead atoms. The number of nitrogens with two attached hydrogens (primary N) is 1. The van der Waals surface area contributed by atoms with Crippen LogP contribution in [0.4, 0.5) is 11.5 Å². The number of methoxy groups -OCH3 is 1. The van der Waals surface area contributed by atoms with E-state index >= 15 is 0 Å². The van der Waals surface area contributed by atoms with Gasteiger partial charge in [-0.05, 0) is 33.2 Å². The molecule has 11 heteroatoms. The number of rotatable bonds is 9. The monoisotopic (exact) mass is 567 g/mol. The summed E-state index contributed by atoms with van der Waals surface area (Å²) in [5.74, 6) is 1.37. The Bertz CT molecular complexity index is 1430.